The van der Waals surface area contributed by atoms with Crippen LogP contribution >= 0.6 is 0 Å². The van der Waals surface area contributed by atoms with Gasteiger partial charge in [0.05, 0.1) is 0 Å². The van der Waals surface area contributed by atoms with Crippen LogP contribution in [0.5, 0.6) is 0 Å². The Bertz CT molecular complexity index is 431. The first kappa shape index (κ1) is 14.7. The third-order valence-electron chi connectivity index (χ3n) is 2.24. The molecule has 0 saturated heterocycles. The van der Waals surface area contributed by atoms with Crippen molar-refractivity contribution in [1.29, 1.82) is 0 Å². The minimum Gasteiger partial charge on any atom is -0.367 e. The zero-order valence-corrected chi connectivity index (χ0v) is 11.2. The van der Waals surface area contributed by atoms with E-state index in [9.17, 15) is 9.59 Å². The minimum atomic E-state index is -0.280. The zero-order valence-electron chi connectivity index (χ0n) is 11.2. The highest BCUT2D eigenvalue weighted by molar-refractivity contribution is 5.91. The Labute approximate surface area is 111 Å². The number of hydrogen-bond donors (Lipinski definition) is 3. The van der Waals surface area contributed by atoms with Gasteiger partial charge in [0.15, 0.2) is 5.69 Å². The van der Waals surface area contributed by atoms with Crippen molar-refractivity contribution >= 4 is 17.8 Å². The Morgan fingerprint density at radius 1 is 1.21 bits per heavy atom. The lowest BCUT2D eigenvalue weighted by Crippen LogP contribution is -2.37. The molecule has 8 heteroatoms. The molecule has 1 heterocycles. The third-order valence-corrected chi connectivity index (χ3v) is 2.24. The number of urea groups is 1. The summed E-state index contributed by atoms with van der Waals surface area (Å²) in [4.78, 5) is 23.9. The van der Waals surface area contributed by atoms with Crippen LogP contribution < -0.4 is 16.0 Å². The molecule has 3 amide bonds. The summed E-state index contributed by atoms with van der Waals surface area (Å²) in [5.41, 5.74) is 0.258. The Kier molecular flexibility index (Phi) is 5.52. The SMILES string of the molecule is CNC(=O)c1ccc(NCCNC(=O)N(C)C)nn1. The van der Waals surface area contributed by atoms with E-state index in [1.165, 1.54) is 11.9 Å². The maximum atomic E-state index is 11.2. The molecule has 0 fully saturated rings. The molecule has 0 unspecified atom stereocenters. The van der Waals surface area contributed by atoms with Crippen molar-refractivity contribution in [2.45, 2.75) is 0 Å². The highest BCUT2D eigenvalue weighted by atomic mass is 16.2. The van der Waals surface area contributed by atoms with E-state index in [0.717, 1.165) is 0 Å². The topological polar surface area (TPSA) is 99.2 Å². The van der Waals surface area contributed by atoms with Crippen LogP contribution in [0.2, 0.25) is 0 Å². The molecular weight excluding hydrogens is 248 g/mol. The molecule has 0 bridgehead atoms. The standard InChI is InChI=1S/C11H18N6O2/c1-12-10(18)8-4-5-9(16-15-8)13-6-7-14-11(19)17(2)3/h4-5H,6-7H2,1-3H3,(H,12,18)(H,13,16)(H,14,19). The van der Waals surface area contributed by atoms with Crippen LogP contribution in [-0.4, -0.2) is 61.3 Å². The number of anilines is 1. The first-order valence-electron chi connectivity index (χ1n) is 5.79. The van der Waals surface area contributed by atoms with Crippen LogP contribution in [0.15, 0.2) is 12.1 Å². The van der Waals surface area contributed by atoms with Crippen LogP contribution in [0.25, 0.3) is 0 Å². The van der Waals surface area contributed by atoms with E-state index in [0.29, 0.717) is 18.9 Å². The Balaban J connectivity index is 2.34. The molecule has 8 nitrogen and oxygen atoms in total. The highest BCUT2D eigenvalue weighted by Crippen LogP contribution is 2.00. The summed E-state index contributed by atoms with van der Waals surface area (Å²) in [6, 6.07) is 3.08. The zero-order chi connectivity index (χ0) is 14.3. The van der Waals surface area contributed by atoms with Crippen molar-refractivity contribution in [1.82, 2.24) is 25.7 Å². The summed E-state index contributed by atoms with van der Waals surface area (Å²) in [5, 5.41) is 15.8. The third kappa shape index (κ3) is 4.78. The molecule has 0 radical (unpaired) electrons. The Morgan fingerprint density at radius 2 is 1.95 bits per heavy atom. The Morgan fingerprint density at radius 3 is 2.47 bits per heavy atom. The van der Waals surface area contributed by atoms with Gasteiger partial charge < -0.3 is 20.9 Å². The molecule has 104 valence electrons. The predicted octanol–water partition coefficient (Wildman–Crippen LogP) is -0.481. The fraction of sp³-hybridized carbons (Fsp3) is 0.455. The van der Waals surface area contributed by atoms with Gasteiger partial charge in [-0.05, 0) is 12.1 Å². The molecule has 0 aliphatic carbocycles. The van der Waals surface area contributed by atoms with Crippen LogP contribution in [0.1, 0.15) is 10.5 Å². The van der Waals surface area contributed by atoms with Gasteiger partial charge in [0, 0.05) is 34.2 Å². The van der Waals surface area contributed by atoms with Gasteiger partial charge >= 0.3 is 6.03 Å². The van der Waals surface area contributed by atoms with Crippen molar-refractivity contribution in [3.63, 3.8) is 0 Å². The Hall–Kier alpha value is -2.38. The monoisotopic (exact) mass is 266 g/mol. The molecular formula is C11H18N6O2. The summed E-state index contributed by atoms with van der Waals surface area (Å²) in [6.45, 7) is 0.990. The van der Waals surface area contributed by atoms with Crippen molar-refractivity contribution in [3.8, 4) is 0 Å². The molecule has 3 N–H and O–H groups in total. The number of nitrogens with zero attached hydrogens (tertiary/aromatic N) is 3. The number of rotatable bonds is 5. The van der Waals surface area contributed by atoms with E-state index in [-0.39, 0.29) is 17.6 Å². The van der Waals surface area contributed by atoms with Crippen molar-refractivity contribution in [3.05, 3.63) is 17.8 Å². The first-order chi connectivity index (χ1) is 9.04. The maximum absolute atomic E-state index is 11.2. The van der Waals surface area contributed by atoms with Gasteiger partial charge in [-0.25, -0.2) is 4.79 Å². The average Bonchev–Trinajstić information content (AvgIpc) is 2.43. The number of carbonyl (C=O) groups is 2. The van der Waals surface area contributed by atoms with Crippen LogP contribution in [-0.2, 0) is 0 Å². The molecule has 19 heavy (non-hydrogen) atoms. The van der Waals surface area contributed by atoms with Gasteiger partial charge in [-0.15, -0.1) is 10.2 Å². The van der Waals surface area contributed by atoms with Crippen LogP contribution in [0.4, 0.5) is 10.6 Å². The van der Waals surface area contributed by atoms with E-state index in [4.69, 9.17) is 0 Å². The molecule has 0 spiro atoms. The quantitative estimate of drug-likeness (QED) is 0.625. The van der Waals surface area contributed by atoms with E-state index in [1.807, 2.05) is 0 Å². The summed E-state index contributed by atoms with van der Waals surface area (Å²) in [5.74, 6) is 0.268. The number of nitrogens with one attached hydrogen (secondary N) is 3. The summed E-state index contributed by atoms with van der Waals surface area (Å²) in [7, 11) is 4.88. The number of aromatic nitrogens is 2. The molecule has 0 aliphatic rings. The van der Waals surface area contributed by atoms with Gasteiger partial charge in [-0.1, -0.05) is 0 Å². The van der Waals surface area contributed by atoms with E-state index in [1.54, 1.807) is 26.2 Å². The van der Waals surface area contributed by atoms with Gasteiger partial charge in [0.1, 0.15) is 5.82 Å². The first-order valence-corrected chi connectivity index (χ1v) is 5.79. The van der Waals surface area contributed by atoms with Crippen molar-refractivity contribution in [2.75, 3.05) is 39.5 Å². The maximum Gasteiger partial charge on any atom is 0.316 e. The van der Waals surface area contributed by atoms with Gasteiger partial charge in [-0.2, -0.15) is 0 Å². The molecule has 1 aromatic heterocycles. The van der Waals surface area contributed by atoms with Gasteiger partial charge in [0.2, 0.25) is 0 Å². The predicted molar refractivity (Wildman–Crippen MR) is 71.0 cm³/mol. The van der Waals surface area contributed by atoms with Crippen molar-refractivity contribution < 1.29 is 9.59 Å². The number of amides is 3. The van der Waals surface area contributed by atoms with Crippen molar-refractivity contribution in [2.24, 2.45) is 0 Å². The lowest BCUT2D eigenvalue weighted by atomic mass is 10.3. The molecule has 0 aromatic carbocycles. The lowest BCUT2D eigenvalue weighted by Gasteiger charge is -2.12. The fourth-order valence-electron chi connectivity index (χ4n) is 1.19. The minimum absolute atomic E-state index is 0.150. The van der Waals surface area contributed by atoms with Crippen LogP contribution in [0, 0.1) is 0 Å². The summed E-state index contributed by atoms with van der Waals surface area (Å²) < 4.78 is 0. The van der Waals surface area contributed by atoms with Crippen LogP contribution in [0.3, 0.4) is 0 Å². The van der Waals surface area contributed by atoms with E-state index < -0.39 is 0 Å². The molecule has 1 aromatic rings. The second kappa shape index (κ2) is 7.14. The normalized spacial score (nSPS) is 9.63. The molecule has 0 saturated carbocycles. The second-order valence-corrected chi connectivity index (χ2v) is 3.94. The highest BCUT2D eigenvalue weighted by Gasteiger charge is 2.05. The molecule has 1 rings (SSSR count). The van der Waals surface area contributed by atoms with E-state index >= 15 is 0 Å². The van der Waals surface area contributed by atoms with Gasteiger partial charge in [0.25, 0.3) is 5.91 Å². The fourth-order valence-corrected chi connectivity index (χ4v) is 1.19. The summed E-state index contributed by atoms with van der Waals surface area (Å²) in [6.07, 6.45) is 0. The number of carbonyl (C=O) groups excluding carboxylic acids is 2. The molecule has 0 aliphatic heterocycles. The van der Waals surface area contributed by atoms with Gasteiger partial charge in [-0.3, -0.25) is 4.79 Å². The largest absolute Gasteiger partial charge is 0.367 e. The average molecular weight is 266 g/mol. The smallest absolute Gasteiger partial charge is 0.316 e. The second-order valence-electron chi connectivity index (χ2n) is 3.94. The van der Waals surface area contributed by atoms with E-state index in [2.05, 4.69) is 26.1 Å². The summed E-state index contributed by atoms with van der Waals surface area (Å²) >= 11 is 0. The number of hydrogen-bond acceptors (Lipinski definition) is 5. The lowest BCUT2D eigenvalue weighted by molar-refractivity contribution is 0.0957. The molecule has 0 atom stereocenters.